The molecule has 0 bridgehead atoms. The number of hydrogen-bond donors (Lipinski definition) is 1. The highest BCUT2D eigenvalue weighted by atomic mass is 32.2. The number of nitrogens with two attached hydrogens (primary N) is 1. The molecule has 0 aliphatic carbocycles. The highest BCUT2D eigenvalue weighted by Gasteiger charge is 2.26. The molecule has 0 radical (unpaired) electrons. The molecule has 2 N–H and O–H groups in total. The van der Waals surface area contributed by atoms with E-state index in [2.05, 4.69) is 0 Å². The SMILES string of the molecule is NS(=O)(=O)N1CCN(C(=O)CSc2ccccc2)CC1. The van der Waals surface area contributed by atoms with Gasteiger partial charge in [0.05, 0.1) is 5.75 Å². The van der Waals surface area contributed by atoms with Crippen molar-refractivity contribution in [2.75, 3.05) is 31.9 Å². The Morgan fingerprint density at radius 2 is 1.75 bits per heavy atom. The lowest BCUT2D eigenvalue weighted by Gasteiger charge is -2.32. The molecule has 0 spiro atoms. The third kappa shape index (κ3) is 4.20. The fourth-order valence-electron chi connectivity index (χ4n) is 1.95. The maximum atomic E-state index is 12.0. The van der Waals surface area contributed by atoms with E-state index < -0.39 is 10.2 Å². The Bertz CT molecular complexity index is 555. The zero-order chi connectivity index (χ0) is 14.6. The third-order valence-corrected chi connectivity index (χ3v) is 5.14. The maximum absolute atomic E-state index is 12.0. The van der Waals surface area contributed by atoms with E-state index in [-0.39, 0.29) is 19.0 Å². The third-order valence-electron chi connectivity index (χ3n) is 3.06. The number of thioether (sulfide) groups is 1. The Kier molecular flexibility index (Phi) is 5.03. The van der Waals surface area contributed by atoms with Gasteiger partial charge in [-0.1, -0.05) is 18.2 Å². The molecule has 2 rings (SSSR count). The molecule has 1 saturated heterocycles. The van der Waals surface area contributed by atoms with E-state index in [4.69, 9.17) is 5.14 Å². The van der Waals surface area contributed by atoms with Gasteiger partial charge in [0.2, 0.25) is 5.91 Å². The topological polar surface area (TPSA) is 83.7 Å². The van der Waals surface area contributed by atoms with Gasteiger partial charge in [-0.3, -0.25) is 4.79 Å². The summed E-state index contributed by atoms with van der Waals surface area (Å²) in [6.45, 7) is 1.32. The van der Waals surface area contributed by atoms with E-state index in [1.807, 2.05) is 30.3 Å². The summed E-state index contributed by atoms with van der Waals surface area (Å²) in [5.74, 6) is 0.382. The molecule has 20 heavy (non-hydrogen) atoms. The fourth-order valence-corrected chi connectivity index (χ4v) is 3.44. The van der Waals surface area contributed by atoms with Crippen LogP contribution >= 0.6 is 11.8 Å². The van der Waals surface area contributed by atoms with Crippen molar-refractivity contribution in [3.63, 3.8) is 0 Å². The standard InChI is InChI=1S/C12H17N3O3S2/c13-20(17,18)15-8-6-14(7-9-15)12(16)10-19-11-4-2-1-3-5-11/h1-5H,6-10H2,(H2,13,17,18). The summed E-state index contributed by atoms with van der Waals surface area (Å²) in [7, 11) is -3.64. The lowest BCUT2D eigenvalue weighted by atomic mass is 10.3. The van der Waals surface area contributed by atoms with Gasteiger partial charge in [-0.05, 0) is 12.1 Å². The Balaban J connectivity index is 1.80. The van der Waals surface area contributed by atoms with Crippen LogP contribution in [0.3, 0.4) is 0 Å². The first-order valence-corrected chi connectivity index (χ1v) is 8.69. The van der Waals surface area contributed by atoms with Crippen LogP contribution in [-0.4, -0.2) is 55.5 Å². The average Bonchev–Trinajstić information content (AvgIpc) is 2.45. The van der Waals surface area contributed by atoms with Crippen LogP contribution in [0, 0.1) is 0 Å². The molecular formula is C12H17N3O3S2. The highest BCUT2D eigenvalue weighted by molar-refractivity contribution is 8.00. The van der Waals surface area contributed by atoms with E-state index >= 15 is 0 Å². The van der Waals surface area contributed by atoms with E-state index in [1.54, 1.807) is 4.90 Å². The van der Waals surface area contributed by atoms with Crippen LogP contribution in [0.5, 0.6) is 0 Å². The van der Waals surface area contributed by atoms with Gasteiger partial charge in [0.1, 0.15) is 0 Å². The van der Waals surface area contributed by atoms with Crippen molar-refractivity contribution >= 4 is 27.9 Å². The van der Waals surface area contributed by atoms with Gasteiger partial charge in [0.25, 0.3) is 10.2 Å². The zero-order valence-corrected chi connectivity index (χ0v) is 12.6. The Labute approximate surface area is 123 Å². The summed E-state index contributed by atoms with van der Waals surface area (Å²) in [6, 6.07) is 9.70. The summed E-state index contributed by atoms with van der Waals surface area (Å²) < 4.78 is 23.5. The molecule has 1 aromatic carbocycles. The first-order valence-electron chi connectivity index (χ1n) is 6.20. The van der Waals surface area contributed by atoms with Crippen molar-refractivity contribution in [1.82, 2.24) is 9.21 Å². The molecule has 0 saturated carbocycles. The largest absolute Gasteiger partial charge is 0.339 e. The van der Waals surface area contributed by atoms with Gasteiger partial charge < -0.3 is 4.90 Å². The van der Waals surface area contributed by atoms with E-state index in [0.717, 1.165) is 4.90 Å². The minimum atomic E-state index is -3.64. The molecule has 1 aliphatic rings. The zero-order valence-electron chi connectivity index (χ0n) is 10.9. The number of benzene rings is 1. The maximum Gasteiger partial charge on any atom is 0.277 e. The van der Waals surface area contributed by atoms with Gasteiger partial charge >= 0.3 is 0 Å². The predicted molar refractivity (Wildman–Crippen MR) is 78.4 cm³/mol. The van der Waals surface area contributed by atoms with Gasteiger partial charge in [0.15, 0.2) is 0 Å². The van der Waals surface area contributed by atoms with Gasteiger partial charge in [-0.15, -0.1) is 11.8 Å². The van der Waals surface area contributed by atoms with Crippen LogP contribution in [0.15, 0.2) is 35.2 Å². The van der Waals surface area contributed by atoms with E-state index in [1.165, 1.54) is 16.1 Å². The number of amides is 1. The fraction of sp³-hybridized carbons (Fsp3) is 0.417. The predicted octanol–water partition coefficient (Wildman–Crippen LogP) is 0.126. The van der Waals surface area contributed by atoms with Crippen LogP contribution < -0.4 is 5.14 Å². The molecule has 0 unspecified atom stereocenters. The minimum absolute atomic E-state index is 0.0212. The average molecular weight is 315 g/mol. The smallest absolute Gasteiger partial charge is 0.277 e. The van der Waals surface area contributed by atoms with Crippen molar-refractivity contribution in [3.8, 4) is 0 Å². The van der Waals surface area contributed by atoms with Gasteiger partial charge in [-0.25, -0.2) is 5.14 Å². The molecule has 1 amide bonds. The van der Waals surface area contributed by atoms with Crippen molar-refractivity contribution in [2.45, 2.75) is 4.90 Å². The molecule has 6 nitrogen and oxygen atoms in total. The number of rotatable bonds is 4. The van der Waals surface area contributed by atoms with Crippen LogP contribution in [0.4, 0.5) is 0 Å². The number of carbonyl (C=O) groups is 1. The molecule has 1 aromatic rings. The van der Waals surface area contributed by atoms with Crippen molar-refractivity contribution in [2.24, 2.45) is 5.14 Å². The van der Waals surface area contributed by atoms with Gasteiger partial charge in [-0.2, -0.15) is 12.7 Å². The van der Waals surface area contributed by atoms with Crippen LogP contribution in [-0.2, 0) is 15.0 Å². The van der Waals surface area contributed by atoms with Crippen LogP contribution in [0.1, 0.15) is 0 Å². The van der Waals surface area contributed by atoms with Gasteiger partial charge in [0, 0.05) is 31.1 Å². The normalized spacial score (nSPS) is 17.1. The quantitative estimate of drug-likeness (QED) is 0.800. The molecule has 110 valence electrons. The summed E-state index contributed by atoms with van der Waals surface area (Å²) in [5.41, 5.74) is 0. The molecule has 1 heterocycles. The van der Waals surface area contributed by atoms with E-state index in [0.29, 0.717) is 18.8 Å². The second kappa shape index (κ2) is 6.57. The first kappa shape index (κ1) is 15.3. The Morgan fingerprint density at radius 1 is 1.15 bits per heavy atom. The lowest BCUT2D eigenvalue weighted by Crippen LogP contribution is -2.52. The molecule has 1 aliphatic heterocycles. The summed E-state index contributed by atoms with van der Waals surface area (Å²) in [6.07, 6.45) is 0. The number of carbonyl (C=O) groups excluding carboxylic acids is 1. The number of piperazine rings is 1. The summed E-state index contributed by atoms with van der Waals surface area (Å²) >= 11 is 1.48. The van der Waals surface area contributed by atoms with Crippen LogP contribution in [0.2, 0.25) is 0 Å². The summed E-state index contributed by atoms with van der Waals surface area (Å²) in [4.78, 5) is 14.8. The second-order valence-electron chi connectivity index (χ2n) is 4.43. The summed E-state index contributed by atoms with van der Waals surface area (Å²) in [5, 5.41) is 5.06. The number of hydrogen-bond acceptors (Lipinski definition) is 4. The second-order valence-corrected chi connectivity index (χ2v) is 7.02. The number of nitrogens with zero attached hydrogens (tertiary/aromatic N) is 2. The van der Waals surface area contributed by atoms with Crippen LogP contribution in [0.25, 0.3) is 0 Å². The Morgan fingerprint density at radius 3 is 2.30 bits per heavy atom. The molecular weight excluding hydrogens is 298 g/mol. The molecule has 0 atom stereocenters. The van der Waals surface area contributed by atoms with Crippen molar-refractivity contribution in [1.29, 1.82) is 0 Å². The molecule has 1 fully saturated rings. The van der Waals surface area contributed by atoms with Crippen molar-refractivity contribution in [3.05, 3.63) is 30.3 Å². The Hall–Kier alpha value is -1.09. The first-order chi connectivity index (χ1) is 9.47. The lowest BCUT2D eigenvalue weighted by molar-refractivity contribution is -0.129. The molecule has 0 aromatic heterocycles. The minimum Gasteiger partial charge on any atom is -0.339 e. The highest BCUT2D eigenvalue weighted by Crippen LogP contribution is 2.18. The van der Waals surface area contributed by atoms with E-state index in [9.17, 15) is 13.2 Å². The van der Waals surface area contributed by atoms with Crippen molar-refractivity contribution < 1.29 is 13.2 Å². The molecule has 8 heteroatoms. The monoisotopic (exact) mass is 315 g/mol.